The summed E-state index contributed by atoms with van der Waals surface area (Å²) in [6.07, 6.45) is 0.682. The molecule has 2 aromatic carbocycles. The van der Waals surface area contributed by atoms with Crippen molar-refractivity contribution in [1.29, 1.82) is 0 Å². The van der Waals surface area contributed by atoms with Gasteiger partial charge < -0.3 is 9.47 Å². The maximum Gasteiger partial charge on any atom is 0.199 e. The first-order chi connectivity index (χ1) is 10.2. The van der Waals surface area contributed by atoms with E-state index in [1.54, 1.807) is 0 Å². The number of hydrogen-bond acceptors (Lipinski definition) is 2. The van der Waals surface area contributed by atoms with Crippen LogP contribution in [0.2, 0.25) is 0 Å². The summed E-state index contributed by atoms with van der Waals surface area (Å²) in [6, 6.07) is 12.9. The van der Waals surface area contributed by atoms with Gasteiger partial charge in [0.1, 0.15) is 5.75 Å². The highest BCUT2D eigenvalue weighted by Crippen LogP contribution is 2.30. The molecule has 0 amide bonds. The summed E-state index contributed by atoms with van der Waals surface area (Å²) >= 11 is 4.92. The van der Waals surface area contributed by atoms with E-state index in [1.165, 1.54) is 16.3 Å². The number of hydrogen-bond donors (Lipinski definition) is 0. The monoisotopic (exact) mass is 510 g/mol. The minimum atomic E-state index is -0.163. The summed E-state index contributed by atoms with van der Waals surface area (Å²) in [6.45, 7) is 4.72. The highest BCUT2D eigenvalue weighted by atomic mass is 127. The van der Waals surface area contributed by atoms with Crippen molar-refractivity contribution in [3.8, 4) is 5.75 Å². The molecule has 4 heteroatoms. The molecule has 0 N–H and O–H groups in total. The zero-order chi connectivity index (χ0) is 15.2. The fourth-order valence-electron chi connectivity index (χ4n) is 2.17. The topological polar surface area (TPSA) is 18.5 Å². The zero-order valence-electron chi connectivity index (χ0n) is 12.3. The molecule has 2 rings (SSSR count). The second-order valence-corrected chi connectivity index (χ2v) is 7.19. The van der Waals surface area contributed by atoms with Crippen LogP contribution in [0.1, 0.15) is 29.8 Å². The molecule has 2 aromatic rings. The number of ether oxygens (including phenoxy) is 2. The van der Waals surface area contributed by atoms with Crippen molar-refractivity contribution >= 4 is 56.0 Å². The summed E-state index contributed by atoms with van der Waals surface area (Å²) in [4.78, 5) is 0. The third kappa shape index (κ3) is 4.69. The summed E-state index contributed by atoms with van der Waals surface area (Å²) < 4.78 is 13.1. The molecule has 2 nitrogen and oxygen atoms in total. The van der Waals surface area contributed by atoms with E-state index in [0.29, 0.717) is 10.5 Å². The predicted molar refractivity (Wildman–Crippen MR) is 106 cm³/mol. The number of halogens is 2. The Morgan fingerprint density at radius 3 is 2.43 bits per heavy atom. The largest absolute Gasteiger partial charge is 0.465 e. The van der Waals surface area contributed by atoms with Gasteiger partial charge in [0.15, 0.2) is 6.29 Å². The second kappa shape index (κ2) is 8.53. The third-order valence-electron chi connectivity index (χ3n) is 3.29. The number of fused-ring (bicyclic) bond motifs is 1. The van der Waals surface area contributed by atoms with Crippen molar-refractivity contribution in [2.75, 3.05) is 11.0 Å². The van der Waals surface area contributed by atoms with Crippen LogP contribution >= 0.6 is 45.2 Å². The van der Waals surface area contributed by atoms with Gasteiger partial charge in [-0.15, -0.1) is 0 Å². The maximum absolute atomic E-state index is 5.89. The lowest BCUT2D eigenvalue weighted by molar-refractivity contribution is -0.0765. The van der Waals surface area contributed by atoms with E-state index in [9.17, 15) is 0 Å². The molecule has 0 aromatic heterocycles. The standard InChI is InChI=1S/C17H20I2O2/c1-3-17(20-4-2)21-15-8-7-12-9-14(16(19)11-18)6-5-13(12)10-15/h5-10,16-17H,3-4,11H2,1-2H3. The van der Waals surface area contributed by atoms with E-state index in [4.69, 9.17) is 9.47 Å². The Balaban J connectivity index is 2.22. The average Bonchev–Trinajstić information content (AvgIpc) is 2.53. The van der Waals surface area contributed by atoms with Gasteiger partial charge in [0.25, 0.3) is 0 Å². The Labute approximate surface area is 153 Å². The molecular formula is C17H20I2O2. The Morgan fingerprint density at radius 1 is 1.05 bits per heavy atom. The normalized spacial score (nSPS) is 14.1. The third-order valence-corrected chi connectivity index (χ3v) is 7.01. The van der Waals surface area contributed by atoms with E-state index in [0.717, 1.165) is 16.6 Å². The van der Waals surface area contributed by atoms with E-state index >= 15 is 0 Å². The van der Waals surface area contributed by atoms with E-state index in [1.807, 2.05) is 13.0 Å². The van der Waals surface area contributed by atoms with Crippen LogP contribution in [0.15, 0.2) is 36.4 Å². The summed E-state index contributed by atoms with van der Waals surface area (Å²) in [5.41, 5.74) is 1.38. The molecule has 0 fully saturated rings. The van der Waals surface area contributed by atoms with Crippen LogP contribution in [0.25, 0.3) is 10.8 Å². The van der Waals surface area contributed by atoms with Gasteiger partial charge in [-0.25, -0.2) is 0 Å². The van der Waals surface area contributed by atoms with Crippen molar-refractivity contribution in [2.24, 2.45) is 0 Å². The first-order valence-electron chi connectivity index (χ1n) is 7.20. The molecule has 114 valence electrons. The van der Waals surface area contributed by atoms with Crippen LogP contribution < -0.4 is 4.74 Å². The molecule has 0 radical (unpaired) electrons. The highest BCUT2D eigenvalue weighted by Gasteiger charge is 2.09. The average molecular weight is 510 g/mol. The van der Waals surface area contributed by atoms with Gasteiger partial charge in [-0.05, 0) is 35.4 Å². The minimum Gasteiger partial charge on any atom is -0.465 e. The van der Waals surface area contributed by atoms with Gasteiger partial charge >= 0.3 is 0 Å². The van der Waals surface area contributed by atoms with Crippen LogP contribution in [0, 0.1) is 0 Å². The van der Waals surface area contributed by atoms with Crippen molar-refractivity contribution in [1.82, 2.24) is 0 Å². The molecule has 2 atom stereocenters. The van der Waals surface area contributed by atoms with Gasteiger partial charge in [0.2, 0.25) is 0 Å². The minimum absolute atomic E-state index is 0.163. The number of rotatable bonds is 7. The van der Waals surface area contributed by atoms with Crippen LogP contribution in [0.5, 0.6) is 5.75 Å². The lowest BCUT2D eigenvalue weighted by atomic mass is 10.1. The molecule has 0 aliphatic rings. The van der Waals surface area contributed by atoms with Crippen LogP contribution in [0.3, 0.4) is 0 Å². The predicted octanol–water partition coefficient (Wildman–Crippen LogP) is 5.90. The summed E-state index contributed by atoms with van der Waals surface area (Å²) in [5, 5.41) is 2.47. The van der Waals surface area contributed by atoms with Gasteiger partial charge in [0.05, 0.1) is 0 Å². The quantitative estimate of drug-likeness (QED) is 0.263. The molecular weight excluding hydrogens is 490 g/mol. The summed E-state index contributed by atoms with van der Waals surface area (Å²) in [7, 11) is 0. The van der Waals surface area contributed by atoms with Crippen LogP contribution in [-0.4, -0.2) is 17.3 Å². The van der Waals surface area contributed by atoms with Crippen molar-refractivity contribution in [2.45, 2.75) is 30.5 Å². The first kappa shape index (κ1) is 17.3. The van der Waals surface area contributed by atoms with Gasteiger partial charge in [-0.2, -0.15) is 0 Å². The molecule has 0 bridgehead atoms. The molecule has 0 aliphatic heterocycles. The molecule has 21 heavy (non-hydrogen) atoms. The molecule has 0 aliphatic carbocycles. The second-order valence-electron chi connectivity index (χ2n) is 4.80. The Hall–Kier alpha value is -0.0800. The molecule has 2 unspecified atom stereocenters. The molecule has 0 heterocycles. The number of benzene rings is 2. The zero-order valence-corrected chi connectivity index (χ0v) is 16.6. The Morgan fingerprint density at radius 2 is 1.76 bits per heavy atom. The van der Waals surface area contributed by atoms with E-state index < -0.39 is 0 Å². The Bertz CT molecular complexity index is 586. The van der Waals surface area contributed by atoms with Crippen LogP contribution in [0.4, 0.5) is 0 Å². The van der Waals surface area contributed by atoms with Gasteiger partial charge in [-0.1, -0.05) is 76.4 Å². The maximum atomic E-state index is 5.89. The lowest BCUT2D eigenvalue weighted by Crippen LogP contribution is -2.19. The Kier molecular flexibility index (Phi) is 7.01. The molecule has 0 saturated heterocycles. The smallest absolute Gasteiger partial charge is 0.199 e. The van der Waals surface area contributed by atoms with E-state index in [2.05, 4.69) is 82.4 Å². The molecule has 0 spiro atoms. The highest BCUT2D eigenvalue weighted by molar-refractivity contribution is 14.1. The molecule has 0 saturated carbocycles. The first-order valence-corrected chi connectivity index (χ1v) is 9.97. The lowest BCUT2D eigenvalue weighted by Gasteiger charge is -2.17. The van der Waals surface area contributed by atoms with Crippen molar-refractivity contribution in [3.63, 3.8) is 0 Å². The van der Waals surface area contributed by atoms with Crippen molar-refractivity contribution in [3.05, 3.63) is 42.0 Å². The van der Waals surface area contributed by atoms with Crippen LogP contribution in [-0.2, 0) is 4.74 Å². The van der Waals surface area contributed by atoms with Crippen molar-refractivity contribution < 1.29 is 9.47 Å². The number of alkyl halides is 2. The van der Waals surface area contributed by atoms with Gasteiger partial charge in [0, 0.05) is 21.4 Å². The fourth-order valence-corrected chi connectivity index (χ4v) is 3.07. The van der Waals surface area contributed by atoms with E-state index in [-0.39, 0.29) is 6.29 Å². The SMILES string of the molecule is CCOC(CC)Oc1ccc2cc(C(I)CI)ccc2c1. The van der Waals surface area contributed by atoms with Gasteiger partial charge in [-0.3, -0.25) is 0 Å². The summed E-state index contributed by atoms with van der Waals surface area (Å²) in [5.74, 6) is 0.871. The fraction of sp³-hybridized carbons (Fsp3) is 0.412.